The van der Waals surface area contributed by atoms with E-state index < -0.39 is 0 Å². The van der Waals surface area contributed by atoms with E-state index in [9.17, 15) is 0 Å². The highest BCUT2D eigenvalue weighted by atomic mass is 127. The van der Waals surface area contributed by atoms with Crippen molar-refractivity contribution in [2.75, 3.05) is 33.2 Å². The Hall–Kier alpha value is -0.300. The van der Waals surface area contributed by atoms with Gasteiger partial charge in [-0.1, -0.05) is 19.9 Å². The van der Waals surface area contributed by atoms with Crippen LogP contribution in [0, 0.1) is 5.92 Å². The van der Waals surface area contributed by atoms with Crippen LogP contribution in [0.2, 0.25) is 0 Å². The van der Waals surface area contributed by atoms with Gasteiger partial charge in [-0.05, 0) is 38.3 Å². The molecule has 0 amide bonds. The molecule has 0 radical (unpaired) electrons. The summed E-state index contributed by atoms with van der Waals surface area (Å²) >= 11 is 0. The molecular formula is C15H31IN4. The van der Waals surface area contributed by atoms with Gasteiger partial charge in [0.2, 0.25) is 0 Å². The quantitative estimate of drug-likeness (QED) is 0.302. The maximum Gasteiger partial charge on any atom is 0.191 e. The molecule has 0 bridgehead atoms. The number of hydrogen-bond donors (Lipinski definition) is 2. The Balaban J connectivity index is 0.00000361. The van der Waals surface area contributed by atoms with Crippen molar-refractivity contribution in [1.29, 1.82) is 0 Å². The zero-order valence-corrected chi connectivity index (χ0v) is 15.5. The molecule has 1 aliphatic heterocycles. The molecule has 1 saturated heterocycles. The maximum absolute atomic E-state index is 4.23. The van der Waals surface area contributed by atoms with E-state index in [0.717, 1.165) is 25.0 Å². The van der Waals surface area contributed by atoms with Gasteiger partial charge in [-0.3, -0.25) is 9.89 Å². The van der Waals surface area contributed by atoms with Crippen molar-refractivity contribution in [3.63, 3.8) is 0 Å². The Bertz CT molecular complexity index is 286. The van der Waals surface area contributed by atoms with Crippen molar-refractivity contribution in [3.05, 3.63) is 12.7 Å². The Morgan fingerprint density at radius 1 is 1.30 bits per heavy atom. The highest BCUT2D eigenvalue weighted by molar-refractivity contribution is 14.0. The highest BCUT2D eigenvalue weighted by Gasteiger charge is 2.22. The summed E-state index contributed by atoms with van der Waals surface area (Å²) in [6.45, 7) is 12.5. The minimum atomic E-state index is 0. The number of aliphatic imine (C=N–C) groups is 1. The summed E-state index contributed by atoms with van der Waals surface area (Å²) in [5.74, 6) is 1.60. The van der Waals surface area contributed by atoms with Crippen molar-refractivity contribution in [1.82, 2.24) is 15.5 Å². The topological polar surface area (TPSA) is 39.7 Å². The summed E-state index contributed by atoms with van der Waals surface area (Å²) in [6, 6.07) is 0.616. The predicted molar refractivity (Wildman–Crippen MR) is 99.0 cm³/mol. The number of nitrogens with one attached hydrogen (secondary N) is 2. The van der Waals surface area contributed by atoms with Gasteiger partial charge in [0.25, 0.3) is 0 Å². The molecule has 1 unspecified atom stereocenters. The summed E-state index contributed by atoms with van der Waals surface area (Å²) in [5.41, 5.74) is 0. The van der Waals surface area contributed by atoms with Crippen LogP contribution in [0.4, 0.5) is 0 Å². The second-order valence-corrected chi connectivity index (χ2v) is 5.65. The van der Waals surface area contributed by atoms with Crippen LogP contribution in [0.25, 0.3) is 0 Å². The van der Waals surface area contributed by atoms with Gasteiger partial charge in [0.15, 0.2) is 5.96 Å². The molecule has 0 aromatic rings. The predicted octanol–water partition coefficient (Wildman–Crippen LogP) is 2.47. The second kappa shape index (κ2) is 11.4. The number of halogens is 1. The van der Waals surface area contributed by atoms with Gasteiger partial charge >= 0.3 is 0 Å². The molecule has 1 heterocycles. The van der Waals surface area contributed by atoms with E-state index in [1.54, 1.807) is 0 Å². The molecule has 0 aromatic heterocycles. The fraction of sp³-hybridized carbons (Fsp3) is 0.800. The van der Waals surface area contributed by atoms with Crippen molar-refractivity contribution in [2.24, 2.45) is 10.9 Å². The van der Waals surface area contributed by atoms with Gasteiger partial charge < -0.3 is 10.6 Å². The lowest BCUT2D eigenvalue weighted by Gasteiger charge is -2.29. The lowest BCUT2D eigenvalue weighted by atomic mass is 10.0. The SMILES string of the molecule is C=CCNC(=NC)NCC(CC(C)C)N1CCCC1.I. The molecule has 0 aliphatic carbocycles. The molecule has 0 saturated carbocycles. The summed E-state index contributed by atoms with van der Waals surface area (Å²) in [6.07, 6.45) is 5.78. The van der Waals surface area contributed by atoms with E-state index in [1.165, 1.54) is 32.4 Å². The van der Waals surface area contributed by atoms with Gasteiger partial charge in [0, 0.05) is 26.2 Å². The lowest BCUT2D eigenvalue weighted by Crippen LogP contribution is -2.46. The summed E-state index contributed by atoms with van der Waals surface area (Å²) in [5, 5.41) is 6.66. The third kappa shape index (κ3) is 7.47. The minimum Gasteiger partial charge on any atom is -0.355 e. The van der Waals surface area contributed by atoms with Crippen molar-refractivity contribution in [3.8, 4) is 0 Å². The number of nitrogens with zero attached hydrogens (tertiary/aromatic N) is 2. The fourth-order valence-electron chi connectivity index (χ4n) is 2.62. The average molecular weight is 394 g/mol. The third-order valence-corrected chi connectivity index (χ3v) is 3.54. The van der Waals surface area contributed by atoms with E-state index in [-0.39, 0.29) is 24.0 Å². The van der Waals surface area contributed by atoms with Gasteiger partial charge in [-0.15, -0.1) is 30.6 Å². The second-order valence-electron chi connectivity index (χ2n) is 5.65. The minimum absolute atomic E-state index is 0. The van der Waals surface area contributed by atoms with Crippen LogP contribution in [0.5, 0.6) is 0 Å². The molecule has 1 fully saturated rings. The maximum atomic E-state index is 4.23. The van der Waals surface area contributed by atoms with Crippen molar-refractivity contribution in [2.45, 2.75) is 39.2 Å². The van der Waals surface area contributed by atoms with Crippen LogP contribution in [-0.4, -0.2) is 50.1 Å². The van der Waals surface area contributed by atoms with Gasteiger partial charge in [0.1, 0.15) is 0 Å². The van der Waals surface area contributed by atoms with E-state index in [2.05, 4.69) is 41.0 Å². The summed E-state index contributed by atoms with van der Waals surface area (Å²) in [4.78, 5) is 6.85. The van der Waals surface area contributed by atoms with Gasteiger partial charge in [-0.25, -0.2) is 0 Å². The first-order valence-corrected chi connectivity index (χ1v) is 7.46. The van der Waals surface area contributed by atoms with Gasteiger partial charge in [-0.2, -0.15) is 0 Å². The van der Waals surface area contributed by atoms with Crippen molar-refractivity contribution >= 4 is 29.9 Å². The van der Waals surface area contributed by atoms with Crippen LogP contribution < -0.4 is 10.6 Å². The van der Waals surface area contributed by atoms with E-state index in [4.69, 9.17) is 0 Å². The zero-order chi connectivity index (χ0) is 14.1. The Morgan fingerprint density at radius 3 is 2.45 bits per heavy atom. The smallest absolute Gasteiger partial charge is 0.191 e. The first kappa shape index (κ1) is 19.7. The molecule has 20 heavy (non-hydrogen) atoms. The molecule has 2 N–H and O–H groups in total. The van der Waals surface area contributed by atoms with Crippen LogP contribution in [0.3, 0.4) is 0 Å². The number of guanidine groups is 1. The molecule has 4 nitrogen and oxygen atoms in total. The van der Waals surface area contributed by atoms with Crippen LogP contribution in [0.1, 0.15) is 33.1 Å². The zero-order valence-electron chi connectivity index (χ0n) is 13.2. The first-order chi connectivity index (χ1) is 9.17. The number of hydrogen-bond acceptors (Lipinski definition) is 2. The summed E-state index contributed by atoms with van der Waals surface area (Å²) < 4.78 is 0. The van der Waals surface area contributed by atoms with Crippen LogP contribution in [0.15, 0.2) is 17.6 Å². The largest absolute Gasteiger partial charge is 0.355 e. The van der Waals surface area contributed by atoms with Crippen LogP contribution >= 0.6 is 24.0 Å². The normalized spacial score (nSPS) is 17.7. The number of rotatable bonds is 7. The monoisotopic (exact) mass is 394 g/mol. The standard InChI is InChI=1S/C15H30N4.HI/c1-5-8-17-15(16-4)18-12-14(11-13(2)3)19-9-6-7-10-19;/h5,13-14H,1,6-12H2,2-4H3,(H2,16,17,18);1H. The molecule has 118 valence electrons. The highest BCUT2D eigenvalue weighted by Crippen LogP contribution is 2.17. The van der Waals surface area contributed by atoms with Crippen LogP contribution in [-0.2, 0) is 0 Å². The molecule has 1 rings (SSSR count). The van der Waals surface area contributed by atoms with E-state index in [0.29, 0.717) is 6.04 Å². The molecule has 1 atom stereocenters. The summed E-state index contributed by atoms with van der Waals surface area (Å²) in [7, 11) is 1.81. The Labute approximate surface area is 141 Å². The van der Waals surface area contributed by atoms with Crippen molar-refractivity contribution < 1.29 is 0 Å². The Morgan fingerprint density at radius 2 is 1.95 bits per heavy atom. The van der Waals surface area contributed by atoms with Gasteiger partial charge in [0.05, 0.1) is 0 Å². The Kier molecular flexibility index (Phi) is 11.2. The molecule has 1 aliphatic rings. The van der Waals surface area contributed by atoms with E-state index >= 15 is 0 Å². The van der Waals surface area contributed by atoms with E-state index in [1.807, 2.05) is 13.1 Å². The molecule has 0 spiro atoms. The first-order valence-electron chi connectivity index (χ1n) is 7.46. The fourth-order valence-corrected chi connectivity index (χ4v) is 2.62. The third-order valence-electron chi connectivity index (χ3n) is 3.54. The molecular weight excluding hydrogens is 363 g/mol. The molecule has 0 aromatic carbocycles. The molecule has 5 heteroatoms. The lowest BCUT2D eigenvalue weighted by molar-refractivity contribution is 0.213. The number of likely N-dealkylation sites (tertiary alicyclic amines) is 1. The average Bonchev–Trinajstić information content (AvgIpc) is 2.91.